The highest BCUT2D eigenvalue weighted by Crippen LogP contribution is 2.27. The Kier molecular flexibility index (Phi) is 7.00. The van der Waals surface area contributed by atoms with E-state index in [0.29, 0.717) is 54.2 Å². The smallest absolute Gasteiger partial charge is 0.321 e. The van der Waals surface area contributed by atoms with Gasteiger partial charge in [0.25, 0.3) is 0 Å². The van der Waals surface area contributed by atoms with Crippen molar-refractivity contribution in [3.63, 3.8) is 0 Å². The third-order valence-electron chi connectivity index (χ3n) is 5.61. The number of aromatic nitrogens is 2. The Morgan fingerprint density at radius 2 is 1.79 bits per heavy atom. The Bertz CT molecular complexity index is 1180. The third-order valence-corrected chi connectivity index (χ3v) is 6.35. The lowest BCUT2D eigenvalue weighted by Gasteiger charge is -2.36. The van der Waals surface area contributed by atoms with Crippen LogP contribution >= 0.6 is 23.2 Å². The standard InChI is InChI=1S/C24H24Cl2FN5O/c1-15-20(13-17-4-3-5-18(27)12-17)23(29-16(2)28-15)31-8-10-32(11-9-31)24(33)30-19-6-7-21(25)22(26)14-19/h3-7,12,14H,8-11,13H2,1-2H3,(H,30,33). The predicted octanol–water partition coefficient (Wildman–Crippen LogP) is 5.48. The van der Waals surface area contributed by atoms with Gasteiger partial charge in [-0.15, -0.1) is 0 Å². The number of carbonyl (C=O) groups is 1. The van der Waals surface area contributed by atoms with Gasteiger partial charge in [0.1, 0.15) is 17.5 Å². The first-order valence-electron chi connectivity index (χ1n) is 10.6. The number of anilines is 2. The number of hydrogen-bond donors (Lipinski definition) is 1. The number of urea groups is 1. The van der Waals surface area contributed by atoms with Gasteiger partial charge in [-0.1, -0.05) is 35.3 Å². The average molecular weight is 488 g/mol. The molecule has 1 aliphatic heterocycles. The summed E-state index contributed by atoms with van der Waals surface area (Å²) in [5.41, 5.74) is 3.31. The Morgan fingerprint density at radius 1 is 1.03 bits per heavy atom. The zero-order valence-corrected chi connectivity index (χ0v) is 19.9. The highest BCUT2D eigenvalue weighted by atomic mass is 35.5. The number of hydrogen-bond acceptors (Lipinski definition) is 4. The minimum atomic E-state index is -0.263. The van der Waals surface area contributed by atoms with Crippen molar-refractivity contribution >= 4 is 40.7 Å². The van der Waals surface area contributed by atoms with Gasteiger partial charge in [0, 0.05) is 49.5 Å². The quantitative estimate of drug-likeness (QED) is 0.528. The minimum Gasteiger partial charge on any atom is -0.353 e. The first-order chi connectivity index (χ1) is 15.8. The van der Waals surface area contributed by atoms with E-state index >= 15 is 0 Å². The van der Waals surface area contributed by atoms with Crippen LogP contribution in [0.3, 0.4) is 0 Å². The molecule has 33 heavy (non-hydrogen) atoms. The summed E-state index contributed by atoms with van der Waals surface area (Å²) in [7, 11) is 0. The van der Waals surface area contributed by atoms with Gasteiger partial charge in [-0.05, 0) is 49.7 Å². The Labute approximate surface area is 202 Å². The zero-order valence-electron chi connectivity index (χ0n) is 18.4. The van der Waals surface area contributed by atoms with E-state index in [4.69, 9.17) is 28.2 Å². The molecular formula is C24H24Cl2FN5O. The van der Waals surface area contributed by atoms with Crippen LogP contribution in [0.4, 0.5) is 20.7 Å². The molecule has 0 atom stereocenters. The van der Waals surface area contributed by atoms with E-state index in [9.17, 15) is 9.18 Å². The van der Waals surface area contributed by atoms with E-state index in [2.05, 4.69) is 15.2 Å². The van der Waals surface area contributed by atoms with Crippen LogP contribution in [0.2, 0.25) is 10.0 Å². The molecule has 172 valence electrons. The van der Waals surface area contributed by atoms with E-state index in [1.54, 1.807) is 29.2 Å². The number of piperazine rings is 1. The molecule has 1 saturated heterocycles. The molecule has 0 spiro atoms. The molecule has 2 amide bonds. The van der Waals surface area contributed by atoms with Crippen molar-refractivity contribution in [2.24, 2.45) is 0 Å². The monoisotopic (exact) mass is 487 g/mol. The molecule has 9 heteroatoms. The van der Waals surface area contributed by atoms with Crippen LogP contribution in [0.15, 0.2) is 42.5 Å². The molecule has 6 nitrogen and oxygen atoms in total. The Hall–Kier alpha value is -2.90. The number of benzene rings is 2. The first-order valence-corrected chi connectivity index (χ1v) is 11.4. The number of nitrogens with zero attached hydrogens (tertiary/aromatic N) is 4. The molecule has 4 rings (SSSR count). The summed E-state index contributed by atoms with van der Waals surface area (Å²) in [6.45, 7) is 6.14. The fraction of sp³-hybridized carbons (Fsp3) is 0.292. The third kappa shape index (κ3) is 5.54. The van der Waals surface area contributed by atoms with Crippen molar-refractivity contribution in [1.82, 2.24) is 14.9 Å². The van der Waals surface area contributed by atoms with Gasteiger partial charge < -0.3 is 15.1 Å². The summed E-state index contributed by atoms with van der Waals surface area (Å²) < 4.78 is 13.7. The molecule has 1 aliphatic rings. The van der Waals surface area contributed by atoms with Gasteiger partial charge in [0.2, 0.25) is 0 Å². The second-order valence-corrected chi connectivity index (χ2v) is 8.81. The van der Waals surface area contributed by atoms with E-state index < -0.39 is 0 Å². The van der Waals surface area contributed by atoms with Crippen molar-refractivity contribution in [2.75, 3.05) is 36.4 Å². The number of aryl methyl sites for hydroxylation is 2. The van der Waals surface area contributed by atoms with Crippen LogP contribution in [0, 0.1) is 19.7 Å². The SMILES string of the molecule is Cc1nc(C)c(Cc2cccc(F)c2)c(N2CCN(C(=O)Nc3ccc(Cl)c(Cl)c3)CC2)n1. The second kappa shape index (κ2) is 9.93. The number of carbonyl (C=O) groups excluding carboxylic acids is 1. The first kappa shape index (κ1) is 23.3. The summed E-state index contributed by atoms with van der Waals surface area (Å²) in [5.74, 6) is 1.26. The molecular weight excluding hydrogens is 464 g/mol. The van der Waals surface area contributed by atoms with Crippen molar-refractivity contribution in [3.05, 3.63) is 81.0 Å². The van der Waals surface area contributed by atoms with E-state index in [0.717, 1.165) is 22.6 Å². The number of amides is 2. The summed E-state index contributed by atoms with van der Waals surface area (Å²) in [4.78, 5) is 25.9. The molecule has 3 aromatic rings. The molecule has 1 fully saturated rings. The summed E-state index contributed by atoms with van der Waals surface area (Å²) in [6, 6.07) is 11.4. The summed E-state index contributed by atoms with van der Waals surface area (Å²) >= 11 is 12.0. The van der Waals surface area contributed by atoms with Gasteiger partial charge in [0.05, 0.1) is 10.0 Å². The van der Waals surface area contributed by atoms with Crippen LogP contribution in [-0.2, 0) is 6.42 Å². The number of nitrogens with one attached hydrogen (secondary N) is 1. The number of rotatable bonds is 4. The van der Waals surface area contributed by atoms with Gasteiger partial charge in [-0.3, -0.25) is 0 Å². The van der Waals surface area contributed by atoms with E-state index in [1.165, 1.54) is 12.1 Å². The lowest BCUT2D eigenvalue weighted by Crippen LogP contribution is -2.50. The molecule has 0 bridgehead atoms. The highest BCUT2D eigenvalue weighted by Gasteiger charge is 2.25. The molecule has 0 unspecified atom stereocenters. The molecule has 1 aromatic heterocycles. The van der Waals surface area contributed by atoms with Gasteiger partial charge in [0.15, 0.2) is 0 Å². The summed E-state index contributed by atoms with van der Waals surface area (Å²) in [6.07, 6.45) is 0.539. The Balaban J connectivity index is 1.46. The van der Waals surface area contributed by atoms with E-state index in [1.807, 2.05) is 19.9 Å². The van der Waals surface area contributed by atoms with Crippen molar-refractivity contribution < 1.29 is 9.18 Å². The fourth-order valence-corrected chi connectivity index (χ4v) is 4.23. The molecule has 1 N–H and O–H groups in total. The average Bonchev–Trinajstić information content (AvgIpc) is 2.78. The Morgan fingerprint density at radius 3 is 2.48 bits per heavy atom. The topological polar surface area (TPSA) is 61.4 Å². The molecule has 0 saturated carbocycles. The minimum absolute atomic E-state index is 0.192. The molecule has 2 heterocycles. The van der Waals surface area contributed by atoms with Crippen LogP contribution < -0.4 is 10.2 Å². The van der Waals surface area contributed by atoms with Gasteiger partial charge in [-0.25, -0.2) is 19.2 Å². The maximum Gasteiger partial charge on any atom is 0.321 e. The fourth-order valence-electron chi connectivity index (χ4n) is 3.94. The van der Waals surface area contributed by atoms with Crippen LogP contribution in [0.5, 0.6) is 0 Å². The maximum absolute atomic E-state index is 13.7. The lowest BCUT2D eigenvalue weighted by molar-refractivity contribution is 0.208. The molecule has 0 aliphatic carbocycles. The zero-order chi connectivity index (χ0) is 23.5. The van der Waals surface area contributed by atoms with Gasteiger partial charge >= 0.3 is 6.03 Å². The van der Waals surface area contributed by atoms with Crippen LogP contribution in [-0.4, -0.2) is 47.1 Å². The maximum atomic E-state index is 13.7. The van der Waals surface area contributed by atoms with Crippen molar-refractivity contribution in [1.29, 1.82) is 0 Å². The van der Waals surface area contributed by atoms with Crippen molar-refractivity contribution in [2.45, 2.75) is 20.3 Å². The summed E-state index contributed by atoms with van der Waals surface area (Å²) in [5, 5.41) is 3.69. The highest BCUT2D eigenvalue weighted by molar-refractivity contribution is 6.42. The van der Waals surface area contributed by atoms with Crippen molar-refractivity contribution in [3.8, 4) is 0 Å². The van der Waals surface area contributed by atoms with Crippen LogP contribution in [0.25, 0.3) is 0 Å². The lowest BCUT2D eigenvalue weighted by atomic mass is 10.0. The second-order valence-electron chi connectivity index (χ2n) is 8.00. The molecule has 0 radical (unpaired) electrons. The predicted molar refractivity (Wildman–Crippen MR) is 130 cm³/mol. The number of halogens is 3. The van der Waals surface area contributed by atoms with E-state index in [-0.39, 0.29) is 11.8 Å². The normalized spacial score (nSPS) is 13.8. The van der Waals surface area contributed by atoms with Crippen LogP contribution in [0.1, 0.15) is 22.6 Å². The molecule has 2 aromatic carbocycles. The largest absolute Gasteiger partial charge is 0.353 e. The van der Waals surface area contributed by atoms with Gasteiger partial charge in [-0.2, -0.15) is 0 Å².